The zero-order valence-corrected chi connectivity index (χ0v) is 14.9. The Bertz CT molecular complexity index is 709. The molecule has 2 heterocycles. The molecule has 5 nitrogen and oxygen atoms in total. The predicted molar refractivity (Wildman–Crippen MR) is 97.1 cm³/mol. The quantitative estimate of drug-likeness (QED) is 0.775. The maximum absolute atomic E-state index is 5.61. The van der Waals surface area contributed by atoms with E-state index in [1.165, 1.54) is 0 Å². The Balaban J connectivity index is 1.63. The Labute approximate surface area is 148 Å². The van der Waals surface area contributed by atoms with Gasteiger partial charge in [-0.2, -0.15) is 0 Å². The lowest BCUT2D eigenvalue weighted by atomic mass is 10.1. The predicted octanol–water partition coefficient (Wildman–Crippen LogP) is 3.66. The van der Waals surface area contributed by atoms with Crippen LogP contribution in [0, 0.1) is 0 Å². The van der Waals surface area contributed by atoms with Gasteiger partial charge in [-0.25, -0.2) is 4.98 Å². The lowest BCUT2D eigenvalue weighted by Gasteiger charge is -2.21. The molecule has 23 heavy (non-hydrogen) atoms. The molecule has 1 unspecified atom stereocenters. The first-order valence-corrected chi connectivity index (χ1v) is 8.40. The average Bonchev–Trinajstić information content (AvgIpc) is 2.56. The first-order chi connectivity index (χ1) is 11.1. The lowest BCUT2D eigenvalue weighted by molar-refractivity contribution is 0.171. The molecule has 1 atom stereocenters. The number of nitrogens with one attached hydrogen (secondary N) is 2. The largest absolute Gasteiger partial charge is 0.486 e. The summed E-state index contributed by atoms with van der Waals surface area (Å²) in [5.74, 6) is 2.25. The molecular formula is C16H16BrN3O2S. The minimum Gasteiger partial charge on any atom is -0.486 e. The number of halogens is 1. The molecule has 0 saturated carbocycles. The van der Waals surface area contributed by atoms with Crippen LogP contribution in [0.1, 0.15) is 18.5 Å². The summed E-state index contributed by atoms with van der Waals surface area (Å²) in [5, 5.41) is 6.82. The lowest BCUT2D eigenvalue weighted by Crippen LogP contribution is -2.31. The minimum absolute atomic E-state index is 0.0290. The SMILES string of the molecule is CC(NC(=S)Nc1ccc(Br)cn1)c1ccc2c(c1)OCCO2. The highest BCUT2D eigenvalue weighted by Crippen LogP contribution is 2.32. The summed E-state index contributed by atoms with van der Waals surface area (Å²) in [7, 11) is 0. The highest BCUT2D eigenvalue weighted by Gasteiger charge is 2.15. The van der Waals surface area contributed by atoms with Crippen molar-refractivity contribution in [3.8, 4) is 11.5 Å². The Morgan fingerprint density at radius 3 is 2.74 bits per heavy atom. The summed E-state index contributed by atoms with van der Waals surface area (Å²) in [6.07, 6.45) is 1.72. The highest BCUT2D eigenvalue weighted by molar-refractivity contribution is 9.10. The molecule has 7 heteroatoms. The Kier molecular flexibility index (Phi) is 4.97. The normalized spacial score (nSPS) is 14.0. The zero-order valence-electron chi connectivity index (χ0n) is 12.5. The molecule has 2 aromatic rings. The molecule has 2 N–H and O–H groups in total. The van der Waals surface area contributed by atoms with E-state index in [0.717, 1.165) is 21.5 Å². The fraction of sp³-hybridized carbons (Fsp3) is 0.250. The van der Waals surface area contributed by atoms with Gasteiger partial charge in [-0.3, -0.25) is 0 Å². The smallest absolute Gasteiger partial charge is 0.172 e. The van der Waals surface area contributed by atoms with Crippen LogP contribution in [0.2, 0.25) is 0 Å². The van der Waals surface area contributed by atoms with Crippen LogP contribution in [0.5, 0.6) is 11.5 Å². The third kappa shape index (κ3) is 4.11. The van der Waals surface area contributed by atoms with E-state index in [2.05, 4.69) is 31.5 Å². The summed E-state index contributed by atoms with van der Waals surface area (Å²) < 4.78 is 12.1. The fourth-order valence-corrected chi connectivity index (χ4v) is 2.73. The van der Waals surface area contributed by atoms with Crippen molar-refractivity contribution in [1.82, 2.24) is 10.3 Å². The van der Waals surface area contributed by atoms with Crippen LogP contribution < -0.4 is 20.1 Å². The van der Waals surface area contributed by atoms with E-state index in [0.29, 0.717) is 24.1 Å². The van der Waals surface area contributed by atoms with Crippen molar-refractivity contribution in [3.05, 3.63) is 46.6 Å². The van der Waals surface area contributed by atoms with E-state index < -0.39 is 0 Å². The first-order valence-electron chi connectivity index (χ1n) is 7.20. The number of thiocarbonyl (C=S) groups is 1. The summed E-state index contributed by atoms with van der Waals surface area (Å²) in [5.41, 5.74) is 1.07. The third-order valence-corrected chi connectivity index (χ3v) is 4.07. The zero-order chi connectivity index (χ0) is 16.2. The van der Waals surface area contributed by atoms with Gasteiger partial charge in [0.15, 0.2) is 16.6 Å². The number of fused-ring (bicyclic) bond motifs is 1. The number of nitrogens with zero attached hydrogens (tertiary/aromatic N) is 1. The van der Waals surface area contributed by atoms with Crippen molar-refractivity contribution in [2.75, 3.05) is 18.5 Å². The first kappa shape index (κ1) is 16.0. The van der Waals surface area contributed by atoms with Crippen LogP contribution in [0.4, 0.5) is 5.82 Å². The Morgan fingerprint density at radius 1 is 1.22 bits per heavy atom. The molecule has 1 aromatic heterocycles. The molecule has 1 aromatic carbocycles. The van der Waals surface area contributed by atoms with Gasteiger partial charge in [0.2, 0.25) is 0 Å². The van der Waals surface area contributed by atoms with Crippen molar-refractivity contribution in [1.29, 1.82) is 0 Å². The molecule has 0 fully saturated rings. The summed E-state index contributed by atoms with van der Waals surface area (Å²) >= 11 is 8.69. The average molecular weight is 394 g/mol. The number of ether oxygens (including phenoxy) is 2. The van der Waals surface area contributed by atoms with Crippen LogP contribution >= 0.6 is 28.1 Å². The van der Waals surface area contributed by atoms with E-state index in [9.17, 15) is 0 Å². The van der Waals surface area contributed by atoms with Crippen molar-refractivity contribution in [2.45, 2.75) is 13.0 Å². The molecule has 0 saturated heterocycles. The van der Waals surface area contributed by atoms with Gasteiger partial charge in [0.25, 0.3) is 0 Å². The van der Waals surface area contributed by atoms with Gasteiger partial charge in [-0.05, 0) is 64.9 Å². The number of anilines is 1. The molecule has 0 aliphatic carbocycles. The molecule has 120 valence electrons. The van der Waals surface area contributed by atoms with Gasteiger partial charge in [-0.15, -0.1) is 0 Å². The number of pyridine rings is 1. The molecule has 1 aliphatic rings. The van der Waals surface area contributed by atoms with Crippen LogP contribution in [0.3, 0.4) is 0 Å². The summed E-state index contributed by atoms with van der Waals surface area (Å²) in [6.45, 7) is 3.20. The topological polar surface area (TPSA) is 55.4 Å². The van der Waals surface area contributed by atoms with Crippen molar-refractivity contribution in [3.63, 3.8) is 0 Å². The minimum atomic E-state index is 0.0290. The van der Waals surface area contributed by atoms with E-state index in [-0.39, 0.29) is 6.04 Å². The number of hydrogen-bond acceptors (Lipinski definition) is 4. The van der Waals surface area contributed by atoms with Crippen LogP contribution in [-0.2, 0) is 0 Å². The fourth-order valence-electron chi connectivity index (χ4n) is 2.21. The van der Waals surface area contributed by atoms with Gasteiger partial charge in [0.05, 0.1) is 6.04 Å². The number of rotatable bonds is 3. The van der Waals surface area contributed by atoms with Crippen molar-refractivity contribution >= 4 is 39.1 Å². The maximum Gasteiger partial charge on any atom is 0.172 e. The van der Waals surface area contributed by atoms with E-state index in [4.69, 9.17) is 21.7 Å². The van der Waals surface area contributed by atoms with Gasteiger partial charge < -0.3 is 20.1 Å². The van der Waals surface area contributed by atoms with Crippen molar-refractivity contribution in [2.24, 2.45) is 0 Å². The van der Waals surface area contributed by atoms with Crippen molar-refractivity contribution < 1.29 is 9.47 Å². The van der Waals surface area contributed by atoms with E-state index in [1.54, 1.807) is 6.20 Å². The molecule has 0 bridgehead atoms. The standard InChI is InChI=1S/C16H16BrN3O2S/c1-10(11-2-4-13-14(8-11)22-7-6-21-13)19-16(23)20-15-5-3-12(17)9-18-15/h2-5,8-10H,6-7H2,1H3,(H2,18,19,20,23). The van der Waals surface area contributed by atoms with Gasteiger partial charge >= 0.3 is 0 Å². The number of benzene rings is 1. The molecule has 0 radical (unpaired) electrons. The second kappa shape index (κ2) is 7.14. The monoisotopic (exact) mass is 393 g/mol. The second-order valence-corrected chi connectivity index (χ2v) is 6.41. The maximum atomic E-state index is 5.61. The van der Waals surface area contributed by atoms with Crippen LogP contribution in [-0.4, -0.2) is 23.3 Å². The summed E-state index contributed by atoms with van der Waals surface area (Å²) in [4.78, 5) is 4.23. The van der Waals surface area contributed by atoms with Gasteiger partial charge in [0.1, 0.15) is 19.0 Å². The Morgan fingerprint density at radius 2 is 2.00 bits per heavy atom. The molecule has 0 amide bonds. The molecule has 3 rings (SSSR count). The van der Waals surface area contributed by atoms with E-state index >= 15 is 0 Å². The Hall–Kier alpha value is -1.86. The van der Waals surface area contributed by atoms with E-state index in [1.807, 2.05) is 37.3 Å². The number of hydrogen-bond donors (Lipinski definition) is 2. The summed E-state index contributed by atoms with van der Waals surface area (Å²) in [6, 6.07) is 9.70. The molecule has 1 aliphatic heterocycles. The van der Waals surface area contributed by atoms with Gasteiger partial charge in [-0.1, -0.05) is 6.07 Å². The molecule has 0 spiro atoms. The number of aromatic nitrogens is 1. The second-order valence-electron chi connectivity index (χ2n) is 5.08. The highest BCUT2D eigenvalue weighted by atomic mass is 79.9. The molecular weight excluding hydrogens is 378 g/mol. The van der Waals surface area contributed by atoms with Crippen LogP contribution in [0.25, 0.3) is 0 Å². The third-order valence-electron chi connectivity index (χ3n) is 3.38. The van der Waals surface area contributed by atoms with Gasteiger partial charge in [0, 0.05) is 10.7 Å². The van der Waals surface area contributed by atoms with Crippen LogP contribution in [0.15, 0.2) is 41.0 Å².